The number of phenolic OH excluding ortho intramolecular Hbond substituents is 1. The summed E-state index contributed by atoms with van der Waals surface area (Å²) in [5.41, 5.74) is 6.03. The molecule has 2 aromatic carbocycles. The van der Waals surface area contributed by atoms with Gasteiger partial charge >= 0.3 is 0 Å². The van der Waals surface area contributed by atoms with Gasteiger partial charge in [0.2, 0.25) is 0 Å². The van der Waals surface area contributed by atoms with Crippen LogP contribution in [0.15, 0.2) is 34.1 Å². The van der Waals surface area contributed by atoms with Crippen LogP contribution in [0.3, 0.4) is 0 Å². The van der Waals surface area contributed by atoms with Crippen LogP contribution in [0.25, 0.3) is 10.8 Å². The predicted octanol–water partition coefficient (Wildman–Crippen LogP) is 1.98. The summed E-state index contributed by atoms with van der Waals surface area (Å²) in [5.74, 6) is -0.202. The van der Waals surface area contributed by atoms with Gasteiger partial charge in [0.25, 0.3) is 10.1 Å². The first-order valence-electron chi connectivity index (χ1n) is 5.80. The summed E-state index contributed by atoms with van der Waals surface area (Å²) in [7, 11) is -1.67. The topological polar surface area (TPSA) is 117 Å². The molecule has 8 nitrogen and oxygen atoms in total. The van der Waals surface area contributed by atoms with Crippen LogP contribution in [0.2, 0.25) is 0 Å². The average Bonchev–Trinajstić information content (AvgIpc) is 2.47. The first-order valence-corrected chi connectivity index (χ1v) is 7.95. The number of phenols is 1. The number of anilines is 1. The number of nitrogen functional groups attached to an aromatic ring is 1. The maximum absolute atomic E-state index is 12.0. The van der Waals surface area contributed by atoms with Gasteiger partial charge in [0.1, 0.15) is 10.6 Å². The Labute approximate surface area is 130 Å². The van der Waals surface area contributed by atoms with Crippen molar-refractivity contribution < 1.29 is 32.0 Å². The van der Waals surface area contributed by atoms with Crippen LogP contribution >= 0.6 is 12.0 Å². The van der Waals surface area contributed by atoms with Gasteiger partial charge in [-0.1, -0.05) is 5.04 Å². The van der Waals surface area contributed by atoms with Crippen molar-refractivity contribution in [3.8, 4) is 5.75 Å². The van der Waals surface area contributed by atoms with E-state index in [1.54, 1.807) is 0 Å². The van der Waals surface area contributed by atoms with Gasteiger partial charge in [0.05, 0.1) is 26.3 Å². The number of hydrogen-bond donors (Lipinski definition) is 2. The third-order valence-electron chi connectivity index (χ3n) is 2.77. The maximum Gasteiger partial charge on any atom is 0.297 e. The molecule has 0 saturated carbocycles. The summed E-state index contributed by atoms with van der Waals surface area (Å²) in [6, 6.07) is 5.51. The second kappa shape index (κ2) is 6.69. The quantitative estimate of drug-likeness (QED) is 0.202. The monoisotopic (exact) mass is 347 g/mol. The first kappa shape index (κ1) is 16.8. The number of hydrogen-bond acceptors (Lipinski definition) is 9. The Morgan fingerprint density at radius 3 is 2.59 bits per heavy atom. The lowest BCUT2D eigenvalue weighted by Crippen LogP contribution is -2.04. The van der Waals surface area contributed by atoms with Crippen LogP contribution in [0, 0.1) is 0 Å². The number of fused-ring (bicyclic) bond motifs is 1. The van der Waals surface area contributed by atoms with Crippen molar-refractivity contribution in [1.82, 2.24) is 0 Å². The van der Waals surface area contributed by atoms with Gasteiger partial charge < -0.3 is 10.8 Å². The van der Waals surface area contributed by atoms with Crippen molar-refractivity contribution in [2.24, 2.45) is 0 Å². The van der Waals surface area contributed by atoms with Gasteiger partial charge in [-0.25, -0.2) is 4.89 Å². The van der Waals surface area contributed by atoms with E-state index in [1.807, 2.05) is 0 Å². The molecular formula is C12H13NO7S2. The Kier molecular flexibility index (Phi) is 5.11. The Morgan fingerprint density at radius 2 is 1.95 bits per heavy atom. The molecule has 0 aliphatic heterocycles. The van der Waals surface area contributed by atoms with E-state index in [2.05, 4.69) is 18.4 Å². The van der Waals surface area contributed by atoms with Crippen LogP contribution in [0.5, 0.6) is 5.75 Å². The number of nitrogens with two attached hydrogens (primary N) is 1. The highest BCUT2D eigenvalue weighted by Gasteiger charge is 2.20. The predicted molar refractivity (Wildman–Crippen MR) is 79.3 cm³/mol. The van der Waals surface area contributed by atoms with Crippen LogP contribution in [-0.4, -0.2) is 27.7 Å². The van der Waals surface area contributed by atoms with Crippen molar-refractivity contribution in [3.05, 3.63) is 24.3 Å². The molecule has 0 amide bonds. The van der Waals surface area contributed by atoms with E-state index in [1.165, 1.54) is 31.4 Å². The van der Waals surface area contributed by atoms with Crippen molar-refractivity contribution in [1.29, 1.82) is 0 Å². The molecule has 2 rings (SSSR count). The minimum atomic E-state index is -3.97. The summed E-state index contributed by atoms with van der Waals surface area (Å²) in [4.78, 5) is 4.51. The lowest BCUT2D eigenvalue weighted by molar-refractivity contribution is -0.447. The van der Waals surface area contributed by atoms with Crippen LogP contribution in [0.1, 0.15) is 0 Å². The molecule has 10 heteroatoms. The fourth-order valence-corrected chi connectivity index (χ4v) is 3.21. The van der Waals surface area contributed by atoms with E-state index in [9.17, 15) is 13.5 Å². The Hall–Kier alpha value is -1.56. The van der Waals surface area contributed by atoms with Crippen molar-refractivity contribution in [2.75, 3.05) is 20.0 Å². The fraction of sp³-hybridized carbons (Fsp3) is 0.167. The van der Waals surface area contributed by atoms with E-state index >= 15 is 0 Å². The van der Waals surface area contributed by atoms with Crippen molar-refractivity contribution >= 4 is 38.6 Å². The lowest BCUT2D eigenvalue weighted by atomic mass is 10.1. The molecule has 0 atom stereocenters. The van der Waals surface area contributed by atoms with E-state index in [4.69, 9.17) is 5.73 Å². The summed E-state index contributed by atoms with van der Waals surface area (Å²) < 4.78 is 33.1. The summed E-state index contributed by atoms with van der Waals surface area (Å²) >= 11 is 0.723. The Morgan fingerprint density at radius 1 is 1.23 bits per heavy atom. The third kappa shape index (κ3) is 3.27. The molecule has 0 aliphatic rings. The minimum absolute atomic E-state index is 0.121. The summed E-state index contributed by atoms with van der Waals surface area (Å²) in [5, 5.41) is 14.7. The smallest absolute Gasteiger partial charge is 0.297 e. The van der Waals surface area contributed by atoms with Gasteiger partial charge in [-0.2, -0.15) is 8.42 Å². The molecule has 0 fully saturated rings. The number of aromatic hydroxyl groups is 1. The molecule has 0 saturated heterocycles. The van der Waals surface area contributed by atoms with Gasteiger partial charge in [-0.15, -0.1) is 4.33 Å². The molecule has 0 heterocycles. The molecule has 120 valence electrons. The average molecular weight is 347 g/mol. The number of benzene rings is 2. The summed E-state index contributed by atoms with van der Waals surface area (Å²) in [6.07, 6.45) is 0. The Balaban J connectivity index is 2.65. The molecule has 3 N–H and O–H groups in total. The molecular weight excluding hydrogens is 334 g/mol. The standard InChI is InChI=1S/C12H13NO7S2/c1-17-19-20-21-7-5-8-11(22(15,16)18-2)4-3-9(13)12(8)10(14)6-7/h3-6,14H,13H2,1-2H3. The van der Waals surface area contributed by atoms with Crippen molar-refractivity contribution in [2.45, 2.75) is 9.79 Å². The van der Waals surface area contributed by atoms with Crippen molar-refractivity contribution in [3.63, 3.8) is 0 Å². The van der Waals surface area contributed by atoms with E-state index < -0.39 is 10.1 Å². The first-order chi connectivity index (χ1) is 10.4. The molecule has 0 unspecified atom stereocenters. The van der Waals surface area contributed by atoms with E-state index in [0.29, 0.717) is 4.90 Å². The van der Waals surface area contributed by atoms with Gasteiger partial charge in [-0.05, 0) is 24.3 Å². The zero-order chi connectivity index (χ0) is 16.3. The number of rotatable bonds is 6. The van der Waals surface area contributed by atoms with E-state index in [0.717, 1.165) is 19.2 Å². The second-order valence-corrected chi connectivity index (χ2v) is 6.48. The molecule has 0 aromatic heterocycles. The zero-order valence-corrected chi connectivity index (χ0v) is 13.2. The highest BCUT2D eigenvalue weighted by Crippen LogP contribution is 2.38. The molecule has 0 aliphatic carbocycles. The van der Waals surface area contributed by atoms with Gasteiger partial charge in [0, 0.05) is 21.4 Å². The highest BCUT2D eigenvalue weighted by molar-refractivity contribution is 7.94. The molecule has 2 aromatic rings. The summed E-state index contributed by atoms with van der Waals surface area (Å²) in [6.45, 7) is 0. The molecule has 0 radical (unpaired) electrons. The SMILES string of the molecule is COOOSc1cc(O)c2c(N)ccc(S(=O)(=O)OC)c2c1. The van der Waals surface area contributed by atoms with Crippen LogP contribution in [-0.2, 0) is 28.6 Å². The molecule has 0 spiro atoms. The lowest BCUT2D eigenvalue weighted by Gasteiger charge is -2.11. The maximum atomic E-state index is 12.0. The second-order valence-electron chi connectivity index (χ2n) is 4.02. The molecule has 22 heavy (non-hydrogen) atoms. The molecule has 0 bridgehead atoms. The normalized spacial score (nSPS) is 11.9. The van der Waals surface area contributed by atoms with Gasteiger partial charge in [-0.3, -0.25) is 4.18 Å². The van der Waals surface area contributed by atoms with Gasteiger partial charge in [0.15, 0.2) is 0 Å². The Bertz CT molecular complexity index is 792. The van der Waals surface area contributed by atoms with Crippen LogP contribution < -0.4 is 5.73 Å². The van der Waals surface area contributed by atoms with E-state index in [-0.39, 0.29) is 27.1 Å². The fourth-order valence-electron chi connectivity index (χ4n) is 1.87. The zero-order valence-electron chi connectivity index (χ0n) is 11.6. The largest absolute Gasteiger partial charge is 0.507 e. The minimum Gasteiger partial charge on any atom is -0.507 e. The third-order valence-corrected chi connectivity index (χ3v) is 4.66. The highest BCUT2D eigenvalue weighted by atomic mass is 32.2. The van der Waals surface area contributed by atoms with Crippen LogP contribution in [0.4, 0.5) is 5.69 Å².